The maximum Gasteiger partial charge on any atom is 0.414 e. The minimum absolute atomic E-state index is 1.04. The van der Waals surface area contributed by atoms with E-state index in [0.717, 1.165) is 19.4 Å². The first-order valence-corrected chi connectivity index (χ1v) is 7.20. The number of nitrogens with one attached hydrogen (secondary N) is 2. The Balaban J connectivity index is 0.000000346. The van der Waals surface area contributed by atoms with Gasteiger partial charge in [0.15, 0.2) is 0 Å². The smallest absolute Gasteiger partial charge is 0.414 e. The fourth-order valence-corrected chi connectivity index (χ4v) is 2.25. The fraction of sp³-hybridized carbons (Fsp3) is 0.375. The van der Waals surface area contributed by atoms with Crippen LogP contribution in [0.4, 0.5) is 0 Å². The second-order valence-electron chi connectivity index (χ2n) is 4.84. The molecule has 120 valence electrons. The van der Waals surface area contributed by atoms with Crippen LogP contribution in [0, 0.1) is 0 Å². The van der Waals surface area contributed by atoms with Crippen molar-refractivity contribution >= 4 is 22.8 Å². The number of H-pyrrole nitrogens is 1. The Labute approximate surface area is 129 Å². The van der Waals surface area contributed by atoms with Crippen LogP contribution in [0.1, 0.15) is 24.6 Å². The highest BCUT2D eigenvalue weighted by atomic mass is 16.4. The largest absolute Gasteiger partial charge is 0.473 e. The van der Waals surface area contributed by atoms with Crippen LogP contribution in [0.25, 0.3) is 10.9 Å². The minimum atomic E-state index is -1.82. The van der Waals surface area contributed by atoms with Crippen molar-refractivity contribution in [2.24, 2.45) is 0 Å². The van der Waals surface area contributed by atoms with Gasteiger partial charge in [-0.1, -0.05) is 31.5 Å². The summed E-state index contributed by atoms with van der Waals surface area (Å²) in [6.45, 7) is 3.27. The molecule has 0 bridgehead atoms. The van der Waals surface area contributed by atoms with Crippen LogP contribution >= 0.6 is 0 Å². The molecule has 22 heavy (non-hydrogen) atoms. The number of aromatic amines is 1. The molecule has 0 aliphatic carbocycles. The Kier molecular flexibility index (Phi) is 7.12. The number of aliphatic carboxylic acids is 2. The summed E-state index contributed by atoms with van der Waals surface area (Å²) in [6.07, 6.45) is 3.45. The van der Waals surface area contributed by atoms with Gasteiger partial charge in [-0.25, -0.2) is 9.59 Å². The molecule has 2 aromatic rings. The minimum Gasteiger partial charge on any atom is -0.473 e. The molecule has 1 heterocycles. The first kappa shape index (κ1) is 17.7. The lowest BCUT2D eigenvalue weighted by molar-refractivity contribution is -0.159. The average molecular weight is 306 g/mol. The maximum atomic E-state index is 9.10. The van der Waals surface area contributed by atoms with Gasteiger partial charge in [-0.05, 0) is 38.1 Å². The molecule has 2 rings (SSSR count). The van der Waals surface area contributed by atoms with E-state index in [1.54, 1.807) is 0 Å². The van der Waals surface area contributed by atoms with Gasteiger partial charge in [0, 0.05) is 16.6 Å². The molecule has 0 atom stereocenters. The molecule has 6 heteroatoms. The quantitative estimate of drug-likeness (QED) is 0.633. The highest BCUT2D eigenvalue weighted by Gasteiger charge is 2.09. The summed E-state index contributed by atoms with van der Waals surface area (Å²) in [7, 11) is 2.01. The zero-order valence-electron chi connectivity index (χ0n) is 12.8. The molecule has 1 aromatic carbocycles. The normalized spacial score (nSPS) is 10.1. The number of carboxylic acid groups (broad SMARTS) is 2. The van der Waals surface area contributed by atoms with Gasteiger partial charge in [0.25, 0.3) is 0 Å². The van der Waals surface area contributed by atoms with Crippen LogP contribution in [-0.4, -0.2) is 40.7 Å². The summed E-state index contributed by atoms with van der Waals surface area (Å²) >= 11 is 0. The number of carboxylic acids is 2. The molecule has 0 aliphatic heterocycles. The van der Waals surface area contributed by atoms with Crippen LogP contribution in [0.3, 0.4) is 0 Å². The Morgan fingerprint density at radius 1 is 1.14 bits per heavy atom. The number of hydrogen-bond donors (Lipinski definition) is 4. The lowest BCUT2D eigenvalue weighted by Gasteiger charge is -2.03. The van der Waals surface area contributed by atoms with Crippen molar-refractivity contribution < 1.29 is 19.8 Å². The number of para-hydroxylation sites is 1. The SMILES string of the molecule is CCCc1[nH]c2ccccc2c1CCNC.O=C(O)C(=O)O. The van der Waals surface area contributed by atoms with Gasteiger partial charge in [0.1, 0.15) is 0 Å². The van der Waals surface area contributed by atoms with E-state index >= 15 is 0 Å². The number of fused-ring (bicyclic) bond motifs is 1. The number of rotatable bonds is 5. The Bertz CT molecular complexity index is 622. The fourth-order valence-electron chi connectivity index (χ4n) is 2.25. The molecule has 0 saturated heterocycles. The van der Waals surface area contributed by atoms with Crippen LogP contribution in [0.15, 0.2) is 24.3 Å². The number of hydrogen-bond acceptors (Lipinski definition) is 3. The highest BCUT2D eigenvalue weighted by molar-refractivity contribution is 6.27. The summed E-state index contributed by atoms with van der Waals surface area (Å²) < 4.78 is 0. The van der Waals surface area contributed by atoms with Crippen molar-refractivity contribution in [3.05, 3.63) is 35.5 Å². The first-order valence-electron chi connectivity index (χ1n) is 7.20. The van der Waals surface area contributed by atoms with Gasteiger partial charge in [0.2, 0.25) is 0 Å². The summed E-state index contributed by atoms with van der Waals surface area (Å²) in [5, 5.41) is 19.4. The Hall–Kier alpha value is -2.34. The lowest BCUT2D eigenvalue weighted by atomic mass is 10.1. The number of aryl methyl sites for hydroxylation is 1. The molecule has 0 amide bonds. The van der Waals surface area contributed by atoms with E-state index in [9.17, 15) is 0 Å². The van der Waals surface area contributed by atoms with E-state index in [1.165, 1.54) is 28.6 Å². The number of likely N-dealkylation sites (N-methyl/N-ethyl adjacent to an activating group) is 1. The number of aromatic nitrogens is 1. The zero-order valence-corrected chi connectivity index (χ0v) is 12.8. The predicted molar refractivity (Wildman–Crippen MR) is 85.2 cm³/mol. The molecular formula is C16H22N2O4. The third-order valence-corrected chi connectivity index (χ3v) is 3.21. The molecule has 0 fully saturated rings. The molecule has 0 aliphatic rings. The van der Waals surface area contributed by atoms with Gasteiger partial charge in [0.05, 0.1) is 0 Å². The highest BCUT2D eigenvalue weighted by Crippen LogP contribution is 2.23. The standard InChI is InChI=1S/C14H20N2.C2H2O4/c1-3-6-13-12(9-10-15-2)11-7-4-5-8-14(11)16-13;3-1(4)2(5)6/h4-5,7-8,15-16H,3,6,9-10H2,1-2H3;(H,3,4)(H,5,6). The Morgan fingerprint density at radius 2 is 1.77 bits per heavy atom. The summed E-state index contributed by atoms with van der Waals surface area (Å²) in [6, 6.07) is 8.60. The summed E-state index contributed by atoms with van der Waals surface area (Å²) in [5.74, 6) is -3.65. The van der Waals surface area contributed by atoms with Crippen molar-refractivity contribution in [1.29, 1.82) is 0 Å². The molecule has 0 unspecified atom stereocenters. The van der Waals surface area contributed by atoms with Crippen molar-refractivity contribution in [1.82, 2.24) is 10.3 Å². The number of carbonyl (C=O) groups is 2. The summed E-state index contributed by atoms with van der Waals surface area (Å²) in [4.78, 5) is 21.7. The van der Waals surface area contributed by atoms with Gasteiger partial charge < -0.3 is 20.5 Å². The molecule has 6 nitrogen and oxygen atoms in total. The van der Waals surface area contributed by atoms with Gasteiger partial charge in [-0.2, -0.15) is 0 Å². The van der Waals surface area contributed by atoms with Crippen LogP contribution in [0.2, 0.25) is 0 Å². The van der Waals surface area contributed by atoms with Gasteiger partial charge in [-0.15, -0.1) is 0 Å². The molecule has 0 spiro atoms. The molecule has 4 N–H and O–H groups in total. The van der Waals surface area contributed by atoms with E-state index in [4.69, 9.17) is 19.8 Å². The van der Waals surface area contributed by atoms with Crippen molar-refractivity contribution in [3.8, 4) is 0 Å². The van der Waals surface area contributed by atoms with E-state index in [2.05, 4.69) is 41.5 Å². The maximum absolute atomic E-state index is 9.10. The molecule has 0 radical (unpaired) electrons. The number of benzene rings is 1. The van der Waals surface area contributed by atoms with E-state index in [-0.39, 0.29) is 0 Å². The summed E-state index contributed by atoms with van der Waals surface area (Å²) in [5.41, 5.74) is 4.18. The van der Waals surface area contributed by atoms with Crippen molar-refractivity contribution in [3.63, 3.8) is 0 Å². The van der Waals surface area contributed by atoms with Crippen molar-refractivity contribution in [2.75, 3.05) is 13.6 Å². The topological polar surface area (TPSA) is 102 Å². The Morgan fingerprint density at radius 3 is 2.32 bits per heavy atom. The predicted octanol–water partition coefficient (Wildman–Crippen LogP) is 2.04. The third kappa shape index (κ3) is 4.89. The van der Waals surface area contributed by atoms with E-state index in [1.807, 2.05) is 7.05 Å². The monoisotopic (exact) mass is 306 g/mol. The average Bonchev–Trinajstić information content (AvgIpc) is 2.83. The van der Waals surface area contributed by atoms with Crippen LogP contribution < -0.4 is 5.32 Å². The van der Waals surface area contributed by atoms with Crippen molar-refractivity contribution in [2.45, 2.75) is 26.2 Å². The first-order chi connectivity index (χ1) is 10.5. The third-order valence-electron chi connectivity index (χ3n) is 3.21. The molecule has 1 aromatic heterocycles. The van der Waals surface area contributed by atoms with Gasteiger partial charge in [-0.3, -0.25) is 0 Å². The molecular weight excluding hydrogens is 284 g/mol. The zero-order chi connectivity index (χ0) is 16.5. The van der Waals surface area contributed by atoms with E-state index in [0.29, 0.717) is 0 Å². The van der Waals surface area contributed by atoms with Crippen LogP contribution in [0.5, 0.6) is 0 Å². The second kappa shape index (κ2) is 8.84. The second-order valence-corrected chi connectivity index (χ2v) is 4.84. The van der Waals surface area contributed by atoms with Gasteiger partial charge >= 0.3 is 11.9 Å². The van der Waals surface area contributed by atoms with E-state index < -0.39 is 11.9 Å². The molecule has 0 saturated carbocycles. The van der Waals surface area contributed by atoms with Crippen LogP contribution in [-0.2, 0) is 22.4 Å². The lowest BCUT2D eigenvalue weighted by Crippen LogP contribution is -2.11.